The number of aromatic hydroxyl groups is 1. The lowest BCUT2D eigenvalue weighted by molar-refractivity contribution is -0.137. The predicted octanol–water partition coefficient (Wildman–Crippen LogP) is 4.54. The molecule has 1 aliphatic rings. The van der Waals surface area contributed by atoms with Crippen LogP contribution in [0.15, 0.2) is 48.5 Å². The summed E-state index contributed by atoms with van der Waals surface area (Å²) in [5.41, 5.74) is 0.952. The number of amides is 2. The second-order valence-electron chi connectivity index (χ2n) is 8.10. The van der Waals surface area contributed by atoms with Crippen molar-refractivity contribution in [3.05, 3.63) is 65.4 Å². The Balaban J connectivity index is 1.54. The van der Waals surface area contributed by atoms with Crippen molar-refractivity contribution in [1.29, 1.82) is 0 Å². The van der Waals surface area contributed by atoms with Crippen LogP contribution in [0.4, 0.5) is 18.9 Å². The molecule has 10 heteroatoms. The summed E-state index contributed by atoms with van der Waals surface area (Å²) in [6.07, 6.45) is -2.55. The molecule has 4 rings (SSSR count). The Hall–Kier alpha value is -3.82. The van der Waals surface area contributed by atoms with Crippen molar-refractivity contribution in [2.24, 2.45) is 0 Å². The van der Waals surface area contributed by atoms with Gasteiger partial charge in [0.25, 0.3) is 5.91 Å². The molecule has 3 N–H and O–H groups in total. The number of nitrogens with zero attached hydrogens (tertiary/aromatic N) is 2. The molecule has 3 aromatic rings. The molecule has 1 fully saturated rings. The van der Waals surface area contributed by atoms with E-state index in [1.807, 2.05) is 13.0 Å². The zero-order valence-corrected chi connectivity index (χ0v) is 18.3. The molecule has 0 aliphatic heterocycles. The van der Waals surface area contributed by atoms with Crippen LogP contribution in [0, 0.1) is 0 Å². The number of likely N-dealkylation sites (N-methyl/N-ethyl adjacent to an activating group) is 1. The van der Waals surface area contributed by atoms with E-state index < -0.39 is 17.6 Å². The first-order valence-electron chi connectivity index (χ1n) is 10.8. The number of alkyl halides is 3. The van der Waals surface area contributed by atoms with E-state index in [1.54, 1.807) is 10.7 Å². The van der Waals surface area contributed by atoms with Crippen LogP contribution in [0.2, 0.25) is 0 Å². The maximum atomic E-state index is 12.9. The van der Waals surface area contributed by atoms with Crippen molar-refractivity contribution < 1.29 is 27.9 Å². The molecule has 7 nitrogen and oxygen atoms in total. The van der Waals surface area contributed by atoms with Gasteiger partial charge in [-0.15, -0.1) is 0 Å². The molecule has 0 radical (unpaired) electrons. The Labute approximate surface area is 193 Å². The maximum absolute atomic E-state index is 12.9. The highest BCUT2D eigenvalue weighted by Crippen LogP contribution is 2.42. The number of hydrogen-bond donors (Lipinski definition) is 3. The molecule has 2 aromatic carbocycles. The number of benzene rings is 2. The standard InChI is InChI=1S/C24H23F3N4O3/c1-2-28-22(33)13-31-20(14-6-7-14)12-19(30-31)18-9-8-17(11-21(18)32)29-23(34)15-4-3-5-16(10-15)24(25,26)27/h3-5,8-12,14,32H,2,6-7,13H2,1H3,(H,28,33)(H,29,34). The number of carbonyl (C=O) groups is 2. The fraction of sp³-hybridized carbons (Fsp3) is 0.292. The largest absolute Gasteiger partial charge is 0.507 e. The van der Waals surface area contributed by atoms with Gasteiger partial charge in [0.2, 0.25) is 5.91 Å². The second-order valence-corrected chi connectivity index (χ2v) is 8.10. The normalized spacial score (nSPS) is 13.5. The van der Waals surface area contributed by atoms with Gasteiger partial charge in [-0.2, -0.15) is 18.3 Å². The van der Waals surface area contributed by atoms with Crippen LogP contribution in [0.1, 0.15) is 47.3 Å². The summed E-state index contributed by atoms with van der Waals surface area (Å²) >= 11 is 0. The lowest BCUT2D eigenvalue weighted by Gasteiger charge is -2.10. The number of phenolic OH excluding ortho intramolecular Hbond substituents is 1. The summed E-state index contributed by atoms with van der Waals surface area (Å²) in [5, 5.41) is 20.3. The van der Waals surface area contributed by atoms with Crippen LogP contribution in [-0.4, -0.2) is 33.2 Å². The van der Waals surface area contributed by atoms with Crippen LogP contribution in [-0.2, 0) is 17.5 Å². The van der Waals surface area contributed by atoms with Gasteiger partial charge in [-0.3, -0.25) is 14.3 Å². The van der Waals surface area contributed by atoms with E-state index in [-0.39, 0.29) is 29.5 Å². The van der Waals surface area contributed by atoms with Gasteiger partial charge in [-0.25, -0.2) is 0 Å². The van der Waals surface area contributed by atoms with E-state index in [2.05, 4.69) is 15.7 Å². The third-order valence-corrected chi connectivity index (χ3v) is 5.46. The smallest absolute Gasteiger partial charge is 0.416 e. The molecule has 1 aromatic heterocycles. The minimum absolute atomic E-state index is 0.0750. The Morgan fingerprint density at radius 2 is 1.91 bits per heavy atom. The molecule has 0 atom stereocenters. The molecule has 34 heavy (non-hydrogen) atoms. The third kappa shape index (κ3) is 5.22. The molecular weight excluding hydrogens is 449 g/mol. The van der Waals surface area contributed by atoms with E-state index in [0.717, 1.165) is 36.7 Å². The molecule has 0 spiro atoms. The highest BCUT2D eigenvalue weighted by atomic mass is 19.4. The average molecular weight is 472 g/mol. The van der Waals surface area contributed by atoms with Gasteiger partial charge in [-0.05, 0) is 56.2 Å². The van der Waals surface area contributed by atoms with Gasteiger partial charge in [0.05, 0.1) is 11.3 Å². The zero-order chi connectivity index (χ0) is 24.5. The number of carbonyl (C=O) groups excluding carboxylic acids is 2. The topological polar surface area (TPSA) is 96.3 Å². The van der Waals surface area contributed by atoms with Gasteiger partial charge in [0, 0.05) is 41.0 Å². The number of anilines is 1. The predicted molar refractivity (Wildman–Crippen MR) is 119 cm³/mol. The van der Waals surface area contributed by atoms with E-state index in [4.69, 9.17) is 0 Å². The maximum Gasteiger partial charge on any atom is 0.416 e. The Kier molecular flexibility index (Phi) is 6.32. The highest BCUT2D eigenvalue weighted by molar-refractivity contribution is 6.04. The van der Waals surface area contributed by atoms with Gasteiger partial charge < -0.3 is 15.7 Å². The molecule has 0 unspecified atom stereocenters. The molecule has 1 aliphatic carbocycles. The lowest BCUT2D eigenvalue weighted by Crippen LogP contribution is -2.28. The number of nitrogens with one attached hydrogen (secondary N) is 2. The zero-order valence-electron chi connectivity index (χ0n) is 18.3. The number of hydrogen-bond acceptors (Lipinski definition) is 4. The van der Waals surface area contributed by atoms with Gasteiger partial charge in [-0.1, -0.05) is 6.07 Å². The second kappa shape index (κ2) is 9.20. The first kappa shape index (κ1) is 23.3. The van der Waals surface area contributed by atoms with E-state index in [9.17, 15) is 27.9 Å². The molecule has 2 amide bonds. The van der Waals surface area contributed by atoms with Gasteiger partial charge in [0.1, 0.15) is 12.3 Å². The molecule has 0 saturated heterocycles. The van der Waals surface area contributed by atoms with Crippen LogP contribution >= 0.6 is 0 Å². The van der Waals surface area contributed by atoms with Crippen molar-refractivity contribution in [3.8, 4) is 17.0 Å². The highest BCUT2D eigenvalue weighted by Gasteiger charge is 2.31. The molecule has 178 valence electrons. The summed E-state index contributed by atoms with van der Waals surface area (Å²) in [6, 6.07) is 10.3. The minimum atomic E-state index is -4.56. The first-order valence-corrected chi connectivity index (χ1v) is 10.8. The fourth-order valence-electron chi connectivity index (χ4n) is 3.65. The summed E-state index contributed by atoms with van der Waals surface area (Å²) < 4.78 is 40.4. The molecular formula is C24H23F3N4O3. The van der Waals surface area contributed by atoms with Crippen molar-refractivity contribution in [1.82, 2.24) is 15.1 Å². The van der Waals surface area contributed by atoms with Gasteiger partial charge in [0.15, 0.2) is 0 Å². The van der Waals surface area contributed by atoms with Crippen LogP contribution in [0.3, 0.4) is 0 Å². The van der Waals surface area contributed by atoms with Crippen molar-refractivity contribution in [2.75, 3.05) is 11.9 Å². The van der Waals surface area contributed by atoms with Crippen LogP contribution in [0.5, 0.6) is 5.75 Å². The van der Waals surface area contributed by atoms with E-state index in [1.165, 1.54) is 18.2 Å². The summed E-state index contributed by atoms with van der Waals surface area (Å²) in [4.78, 5) is 24.5. The summed E-state index contributed by atoms with van der Waals surface area (Å²) in [7, 11) is 0. The molecule has 0 bridgehead atoms. The van der Waals surface area contributed by atoms with E-state index in [0.29, 0.717) is 23.7 Å². The average Bonchev–Trinajstić information content (AvgIpc) is 3.54. The van der Waals surface area contributed by atoms with Crippen molar-refractivity contribution in [2.45, 2.75) is 38.4 Å². The number of phenols is 1. The van der Waals surface area contributed by atoms with E-state index >= 15 is 0 Å². The Bertz CT molecular complexity index is 1230. The van der Waals surface area contributed by atoms with Gasteiger partial charge >= 0.3 is 6.18 Å². The Morgan fingerprint density at radius 3 is 2.56 bits per heavy atom. The Morgan fingerprint density at radius 1 is 1.15 bits per heavy atom. The van der Waals surface area contributed by atoms with Crippen LogP contribution in [0.25, 0.3) is 11.3 Å². The monoisotopic (exact) mass is 472 g/mol. The van der Waals surface area contributed by atoms with Crippen molar-refractivity contribution in [3.63, 3.8) is 0 Å². The molecule has 1 saturated carbocycles. The molecule has 1 heterocycles. The minimum Gasteiger partial charge on any atom is -0.507 e. The number of rotatable bonds is 7. The number of aromatic nitrogens is 2. The van der Waals surface area contributed by atoms with Crippen LogP contribution < -0.4 is 10.6 Å². The lowest BCUT2D eigenvalue weighted by atomic mass is 10.1. The fourth-order valence-corrected chi connectivity index (χ4v) is 3.65. The third-order valence-electron chi connectivity index (χ3n) is 5.46. The van der Waals surface area contributed by atoms with Crippen molar-refractivity contribution >= 4 is 17.5 Å². The first-order chi connectivity index (χ1) is 16.2. The quantitative estimate of drug-likeness (QED) is 0.470. The number of halogens is 3. The summed E-state index contributed by atoms with van der Waals surface area (Å²) in [6.45, 7) is 2.42. The summed E-state index contributed by atoms with van der Waals surface area (Å²) in [5.74, 6) is -0.730. The SMILES string of the molecule is CCNC(=O)Cn1nc(-c2ccc(NC(=O)c3cccc(C(F)(F)F)c3)cc2O)cc1C1CC1.